The topological polar surface area (TPSA) is 35.9 Å². The average molecular weight is 380 g/mol. The Morgan fingerprint density at radius 2 is 1.67 bits per heavy atom. The quantitative estimate of drug-likeness (QED) is 0.835. The number of halogens is 3. The van der Waals surface area contributed by atoms with Gasteiger partial charge in [-0.3, -0.25) is 4.90 Å². The Kier molecular flexibility index (Phi) is 6.23. The highest BCUT2D eigenvalue weighted by molar-refractivity contribution is 5.46. The molecule has 146 valence electrons. The van der Waals surface area contributed by atoms with Crippen molar-refractivity contribution in [3.05, 3.63) is 60.2 Å². The predicted molar refractivity (Wildman–Crippen MR) is 98.0 cm³/mol. The van der Waals surface area contributed by atoms with Gasteiger partial charge in [0.15, 0.2) is 0 Å². The average Bonchev–Trinajstić information content (AvgIpc) is 2.67. The largest absolute Gasteiger partial charge is 0.491 e. The smallest absolute Gasteiger partial charge is 0.416 e. The Hall–Kier alpha value is -2.25. The Balaban J connectivity index is 1.43. The molecular weight excluding hydrogens is 357 g/mol. The minimum Gasteiger partial charge on any atom is -0.491 e. The lowest BCUT2D eigenvalue weighted by atomic mass is 10.2. The highest BCUT2D eigenvalue weighted by Crippen LogP contribution is 2.31. The van der Waals surface area contributed by atoms with Crippen LogP contribution < -0.4 is 9.64 Å². The van der Waals surface area contributed by atoms with Gasteiger partial charge in [-0.2, -0.15) is 13.2 Å². The van der Waals surface area contributed by atoms with Crippen LogP contribution in [0.4, 0.5) is 18.9 Å². The molecule has 0 aliphatic carbocycles. The zero-order chi connectivity index (χ0) is 19.3. The molecule has 3 rings (SSSR count). The van der Waals surface area contributed by atoms with Crippen LogP contribution in [0.5, 0.6) is 5.75 Å². The second-order valence-electron chi connectivity index (χ2n) is 6.61. The van der Waals surface area contributed by atoms with Gasteiger partial charge < -0.3 is 14.7 Å². The van der Waals surface area contributed by atoms with E-state index in [0.717, 1.165) is 38.3 Å². The van der Waals surface area contributed by atoms with Gasteiger partial charge in [0.2, 0.25) is 0 Å². The number of nitrogens with zero attached hydrogens (tertiary/aromatic N) is 2. The van der Waals surface area contributed by atoms with E-state index in [-0.39, 0.29) is 12.4 Å². The number of ether oxygens (including phenoxy) is 1. The van der Waals surface area contributed by atoms with E-state index in [0.29, 0.717) is 6.54 Å². The molecule has 2 aromatic rings. The monoisotopic (exact) mass is 380 g/mol. The van der Waals surface area contributed by atoms with E-state index < -0.39 is 17.8 Å². The van der Waals surface area contributed by atoms with Crippen LogP contribution in [0.25, 0.3) is 0 Å². The third-order valence-corrected chi connectivity index (χ3v) is 4.57. The number of aliphatic hydroxyl groups is 1. The Morgan fingerprint density at radius 1 is 0.963 bits per heavy atom. The Morgan fingerprint density at radius 3 is 2.33 bits per heavy atom. The van der Waals surface area contributed by atoms with E-state index in [1.165, 1.54) is 17.8 Å². The van der Waals surface area contributed by atoms with Crippen molar-refractivity contribution < 1.29 is 23.0 Å². The van der Waals surface area contributed by atoms with E-state index in [2.05, 4.69) is 21.9 Å². The maximum atomic E-state index is 12.7. The van der Waals surface area contributed by atoms with Crippen molar-refractivity contribution in [2.24, 2.45) is 0 Å². The number of aliphatic hydroxyl groups excluding tert-OH is 1. The van der Waals surface area contributed by atoms with Gasteiger partial charge in [0, 0.05) is 38.4 Å². The number of piperazine rings is 1. The molecule has 1 heterocycles. The number of rotatable bonds is 6. The fraction of sp³-hybridized carbons (Fsp3) is 0.400. The van der Waals surface area contributed by atoms with Crippen molar-refractivity contribution in [1.82, 2.24) is 4.90 Å². The number of anilines is 1. The molecule has 0 unspecified atom stereocenters. The highest BCUT2D eigenvalue weighted by atomic mass is 19.4. The molecule has 0 aromatic heterocycles. The van der Waals surface area contributed by atoms with Crippen molar-refractivity contribution in [1.29, 1.82) is 0 Å². The fourth-order valence-electron chi connectivity index (χ4n) is 3.13. The normalized spacial score (nSPS) is 17.0. The third-order valence-electron chi connectivity index (χ3n) is 4.57. The molecule has 1 N–H and O–H groups in total. The summed E-state index contributed by atoms with van der Waals surface area (Å²) in [6.07, 6.45) is -5.17. The van der Waals surface area contributed by atoms with Crippen LogP contribution in [0.3, 0.4) is 0 Å². The molecule has 4 nitrogen and oxygen atoms in total. The van der Waals surface area contributed by atoms with E-state index in [4.69, 9.17) is 4.74 Å². The molecule has 0 amide bonds. The maximum absolute atomic E-state index is 12.7. The van der Waals surface area contributed by atoms with Gasteiger partial charge in [-0.05, 0) is 30.3 Å². The van der Waals surface area contributed by atoms with Gasteiger partial charge in [0.1, 0.15) is 18.5 Å². The van der Waals surface area contributed by atoms with Crippen molar-refractivity contribution >= 4 is 5.69 Å². The summed E-state index contributed by atoms with van der Waals surface area (Å²) >= 11 is 0. The minimum atomic E-state index is -4.41. The number of benzene rings is 2. The fourth-order valence-corrected chi connectivity index (χ4v) is 3.13. The van der Waals surface area contributed by atoms with Crippen LogP contribution in [0.2, 0.25) is 0 Å². The predicted octanol–water partition coefficient (Wildman–Crippen LogP) is 3.27. The summed E-state index contributed by atoms with van der Waals surface area (Å²) in [7, 11) is 0. The highest BCUT2D eigenvalue weighted by Gasteiger charge is 2.30. The Bertz CT molecular complexity index is 717. The number of β-amino-alcohol motifs (C(OH)–C–C–N with tert-alkyl or cyclic N) is 1. The summed E-state index contributed by atoms with van der Waals surface area (Å²) in [4.78, 5) is 4.43. The summed E-state index contributed by atoms with van der Waals surface area (Å²) in [5.41, 5.74) is 0.428. The number of para-hydroxylation sites is 1. The van der Waals surface area contributed by atoms with Crippen LogP contribution in [-0.4, -0.2) is 55.4 Å². The van der Waals surface area contributed by atoms with Gasteiger partial charge in [0.25, 0.3) is 0 Å². The molecule has 1 aliphatic rings. The van der Waals surface area contributed by atoms with Crippen LogP contribution in [-0.2, 0) is 6.18 Å². The maximum Gasteiger partial charge on any atom is 0.416 e. The van der Waals surface area contributed by atoms with Gasteiger partial charge in [-0.15, -0.1) is 0 Å². The summed E-state index contributed by atoms with van der Waals surface area (Å²) in [6, 6.07) is 14.9. The van der Waals surface area contributed by atoms with Crippen LogP contribution in [0, 0.1) is 0 Å². The SMILES string of the molecule is O[C@H](COc1cccc(C(F)(F)F)c1)CN1CCN(c2ccccc2)CC1. The van der Waals surface area contributed by atoms with Gasteiger partial charge in [0.05, 0.1) is 5.56 Å². The molecule has 1 aliphatic heterocycles. The zero-order valence-corrected chi connectivity index (χ0v) is 14.9. The first kappa shape index (κ1) is 19.5. The first-order valence-corrected chi connectivity index (χ1v) is 8.92. The molecule has 1 saturated heterocycles. The molecule has 1 atom stereocenters. The van der Waals surface area contributed by atoms with Crippen molar-refractivity contribution in [2.75, 3.05) is 44.2 Å². The van der Waals surface area contributed by atoms with E-state index in [1.807, 2.05) is 18.2 Å². The zero-order valence-electron chi connectivity index (χ0n) is 14.9. The van der Waals surface area contributed by atoms with E-state index in [9.17, 15) is 18.3 Å². The molecule has 0 radical (unpaired) electrons. The summed E-state index contributed by atoms with van der Waals surface area (Å²) in [6.45, 7) is 3.75. The van der Waals surface area contributed by atoms with Crippen molar-refractivity contribution in [2.45, 2.75) is 12.3 Å². The van der Waals surface area contributed by atoms with Crippen LogP contribution in [0.1, 0.15) is 5.56 Å². The minimum absolute atomic E-state index is 0.0415. The molecule has 0 bridgehead atoms. The van der Waals surface area contributed by atoms with Crippen molar-refractivity contribution in [3.8, 4) is 5.75 Å². The van der Waals surface area contributed by atoms with E-state index in [1.54, 1.807) is 0 Å². The molecule has 0 spiro atoms. The number of hydrogen-bond donors (Lipinski definition) is 1. The molecule has 2 aromatic carbocycles. The van der Waals surface area contributed by atoms with E-state index >= 15 is 0 Å². The second-order valence-corrected chi connectivity index (χ2v) is 6.61. The number of alkyl halides is 3. The summed E-state index contributed by atoms with van der Waals surface area (Å²) in [5, 5.41) is 10.2. The van der Waals surface area contributed by atoms with Gasteiger partial charge >= 0.3 is 6.18 Å². The van der Waals surface area contributed by atoms with Gasteiger partial charge in [-0.25, -0.2) is 0 Å². The molecule has 7 heteroatoms. The van der Waals surface area contributed by atoms with Crippen LogP contribution in [0.15, 0.2) is 54.6 Å². The van der Waals surface area contributed by atoms with Gasteiger partial charge in [-0.1, -0.05) is 24.3 Å². The molecule has 27 heavy (non-hydrogen) atoms. The summed E-state index contributed by atoms with van der Waals surface area (Å²) in [5.74, 6) is 0.109. The molecular formula is C20H23F3N2O2. The lowest BCUT2D eigenvalue weighted by Gasteiger charge is -2.36. The standard InChI is InChI=1S/C20H23F3N2O2/c21-20(22,23)16-5-4-8-19(13-16)27-15-18(26)14-24-9-11-25(12-10-24)17-6-2-1-3-7-17/h1-8,13,18,26H,9-12,14-15H2/t18-/m0/s1. The molecule has 0 saturated carbocycles. The van der Waals surface area contributed by atoms with Crippen LogP contribution >= 0.6 is 0 Å². The third kappa shape index (κ3) is 5.61. The summed E-state index contributed by atoms with van der Waals surface area (Å²) < 4.78 is 43.5. The first-order valence-electron chi connectivity index (χ1n) is 8.92. The molecule has 1 fully saturated rings. The lowest BCUT2D eigenvalue weighted by molar-refractivity contribution is -0.137. The second kappa shape index (κ2) is 8.63. The Labute approximate surface area is 156 Å². The lowest BCUT2D eigenvalue weighted by Crippen LogP contribution is -2.49. The first-order chi connectivity index (χ1) is 12.9. The van der Waals surface area contributed by atoms with Crippen molar-refractivity contribution in [3.63, 3.8) is 0 Å². The number of hydrogen-bond acceptors (Lipinski definition) is 4.